The summed E-state index contributed by atoms with van der Waals surface area (Å²) in [5.41, 5.74) is 4.97. The molecule has 140 valence electrons. The number of benzene rings is 1. The van der Waals surface area contributed by atoms with Crippen LogP contribution in [-0.2, 0) is 0 Å². The van der Waals surface area contributed by atoms with E-state index in [-0.39, 0.29) is 0 Å². The van der Waals surface area contributed by atoms with Crippen molar-refractivity contribution in [3.63, 3.8) is 0 Å². The molecule has 6 heteroatoms. The van der Waals surface area contributed by atoms with Gasteiger partial charge in [0.2, 0.25) is 0 Å². The second-order valence-electron chi connectivity index (χ2n) is 6.88. The number of pyridine rings is 1. The Morgan fingerprint density at radius 1 is 1.11 bits per heavy atom. The molecule has 5 nitrogen and oxygen atoms in total. The minimum absolute atomic E-state index is 0.808. The molecule has 3 heterocycles. The van der Waals surface area contributed by atoms with E-state index in [1.165, 1.54) is 22.5 Å². The van der Waals surface area contributed by atoms with Crippen LogP contribution >= 0.6 is 12.2 Å². The van der Waals surface area contributed by atoms with Crippen molar-refractivity contribution in [1.29, 1.82) is 0 Å². The number of hydrogen-bond donors (Lipinski definition) is 2. The van der Waals surface area contributed by atoms with Crippen molar-refractivity contribution in [2.45, 2.75) is 12.8 Å². The Bertz CT molecular complexity index is 812. The number of nitrogens with zero attached hydrogens (tertiary/aromatic N) is 3. The first-order chi connectivity index (χ1) is 13.3. The molecule has 2 aliphatic heterocycles. The standard InChI is InChI=1S/C21H25N5S/c27-21(26-13-11-25(12-14-26)18-6-4-9-22-16-18)24-15-17-5-3-10-23-20-8-2-1-7-19(17)20/h1-2,4,6-9,15-16,23H,3,5,10-14H2,(H,24,27)/b17-15-. The monoisotopic (exact) mass is 379 g/mol. The zero-order valence-corrected chi connectivity index (χ0v) is 16.2. The largest absolute Gasteiger partial charge is 0.385 e. The lowest BCUT2D eigenvalue weighted by molar-refractivity contribution is 0.384. The Labute approximate surface area is 166 Å². The molecule has 0 atom stereocenters. The van der Waals surface area contributed by atoms with Gasteiger partial charge in [-0.05, 0) is 48.8 Å². The first kappa shape index (κ1) is 17.8. The third-order valence-electron chi connectivity index (χ3n) is 5.16. The molecule has 1 saturated heterocycles. The number of para-hydroxylation sites is 1. The topological polar surface area (TPSA) is 43.4 Å². The highest BCUT2D eigenvalue weighted by Crippen LogP contribution is 2.29. The van der Waals surface area contributed by atoms with Crippen LogP contribution in [0.25, 0.3) is 5.57 Å². The molecule has 0 unspecified atom stereocenters. The number of allylic oxidation sites excluding steroid dienone is 1. The van der Waals surface area contributed by atoms with Crippen LogP contribution in [0.5, 0.6) is 0 Å². The Morgan fingerprint density at radius 3 is 2.78 bits per heavy atom. The summed E-state index contributed by atoms with van der Waals surface area (Å²) in [6, 6.07) is 12.6. The quantitative estimate of drug-likeness (QED) is 0.781. The van der Waals surface area contributed by atoms with Gasteiger partial charge in [0, 0.05) is 56.4 Å². The first-order valence-corrected chi connectivity index (χ1v) is 9.95. The van der Waals surface area contributed by atoms with Gasteiger partial charge >= 0.3 is 0 Å². The number of rotatable bonds is 2. The van der Waals surface area contributed by atoms with E-state index in [1.807, 2.05) is 18.5 Å². The van der Waals surface area contributed by atoms with Crippen molar-refractivity contribution < 1.29 is 0 Å². The molecular weight excluding hydrogens is 354 g/mol. The van der Waals surface area contributed by atoms with Crippen LogP contribution in [0, 0.1) is 0 Å². The second kappa shape index (κ2) is 8.39. The zero-order chi connectivity index (χ0) is 18.5. The number of anilines is 2. The predicted molar refractivity (Wildman–Crippen MR) is 116 cm³/mol. The highest BCUT2D eigenvalue weighted by molar-refractivity contribution is 7.80. The van der Waals surface area contributed by atoms with Gasteiger partial charge < -0.3 is 20.4 Å². The maximum Gasteiger partial charge on any atom is 0.173 e. The Balaban J connectivity index is 1.37. The van der Waals surface area contributed by atoms with Gasteiger partial charge in [0.15, 0.2) is 5.11 Å². The van der Waals surface area contributed by atoms with E-state index in [4.69, 9.17) is 12.2 Å². The number of piperazine rings is 1. The van der Waals surface area contributed by atoms with E-state index < -0.39 is 0 Å². The maximum atomic E-state index is 5.65. The van der Waals surface area contributed by atoms with Crippen molar-refractivity contribution in [1.82, 2.24) is 15.2 Å². The van der Waals surface area contributed by atoms with Crippen molar-refractivity contribution in [3.05, 3.63) is 60.6 Å². The molecule has 1 aromatic heterocycles. The smallest absolute Gasteiger partial charge is 0.173 e. The van der Waals surface area contributed by atoms with Crippen molar-refractivity contribution in [2.24, 2.45) is 0 Å². The highest BCUT2D eigenvalue weighted by Gasteiger charge is 2.19. The van der Waals surface area contributed by atoms with Gasteiger partial charge in [-0.2, -0.15) is 0 Å². The fourth-order valence-electron chi connectivity index (χ4n) is 3.65. The van der Waals surface area contributed by atoms with Gasteiger partial charge in [-0.1, -0.05) is 18.2 Å². The maximum absolute atomic E-state index is 5.65. The van der Waals surface area contributed by atoms with E-state index in [0.29, 0.717) is 0 Å². The third-order valence-corrected chi connectivity index (χ3v) is 5.54. The lowest BCUT2D eigenvalue weighted by Crippen LogP contribution is -2.51. The molecule has 1 fully saturated rings. The second-order valence-corrected chi connectivity index (χ2v) is 7.27. The number of fused-ring (bicyclic) bond motifs is 1. The summed E-state index contributed by atoms with van der Waals surface area (Å²) in [7, 11) is 0. The van der Waals surface area contributed by atoms with E-state index in [9.17, 15) is 0 Å². The fraction of sp³-hybridized carbons (Fsp3) is 0.333. The van der Waals surface area contributed by atoms with Gasteiger partial charge in [-0.25, -0.2) is 0 Å². The van der Waals surface area contributed by atoms with Gasteiger partial charge in [0.05, 0.1) is 11.9 Å². The summed E-state index contributed by atoms with van der Waals surface area (Å²) in [6.07, 6.45) is 8.01. The SMILES string of the molecule is S=C(N/C=C1/CCCNc2ccccc21)N1CCN(c2cccnc2)CC1. The third kappa shape index (κ3) is 4.22. The molecule has 0 bridgehead atoms. The molecule has 0 spiro atoms. The van der Waals surface area contributed by atoms with Crippen LogP contribution in [0.15, 0.2) is 55.0 Å². The number of nitrogens with one attached hydrogen (secondary N) is 2. The van der Waals surface area contributed by atoms with E-state index >= 15 is 0 Å². The minimum atomic E-state index is 0.808. The van der Waals surface area contributed by atoms with Gasteiger partial charge in [-0.3, -0.25) is 4.98 Å². The predicted octanol–water partition coefficient (Wildman–Crippen LogP) is 3.32. The molecule has 0 radical (unpaired) electrons. The van der Waals surface area contributed by atoms with Gasteiger partial charge in [0.1, 0.15) is 0 Å². The summed E-state index contributed by atoms with van der Waals surface area (Å²) < 4.78 is 0. The van der Waals surface area contributed by atoms with Crippen LogP contribution < -0.4 is 15.5 Å². The van der Waals surface area contributed by atoms with Crippen molar-refractivity contribution in [3.8, 4) is 0 Å². The average molecular weight is 380 g/mol. The van der Waals surface area contributed by atoms with Crippen LogP contribution in [0.4, 0.5) is 11.4 Å². The van der Waals surface area contributed by atoms with Crippen LogP contribution in [0.2, 0.25) is 0 Å². The molecule has 2 aromatic rings. The average Bonchev–Trinajstić information content (AvgIpc) is 2.95. The van der Waals surface area contributed by atoms with E-state index in [1.54, 1.807) is 0 Å². The molecule has 0 saturated carbocycles. The summed E-state index contributed by atoms with van der Waals surface area (Å²) >= 11 is 5.65. The van der Waals surface area contributed by atoms with Crippen molar-refractivity contribution >= 4 is 34.3 Å². The lowest BCUT2D eigenvalue weighted by atomic mass is 10.0. The van der Waals surface area contributed by atoms with Crippen LogP contribution in [0.3, 0.4) is 0 Å². The summed E-state index contributed by atoms with van der Waals surface area (Å²) in [5, 5.41) is 7.69. The molecule has 2 N–H and O–H groups in total. The van der Waals surface area contributed by atoms with E-state index in [0.717, 1.165) is 50.7 Å². The Hall–Kier alpha value is -2.60. The highest BCUT2D eigenvalue weighted by atomic mass is 32.1. The zero-order valence-electron chi connectivity index (χ0n) is 15.4. The number of hydrogen-bond acceptors (Lipinski definition) is 4. The molecular formula is C21H25N5S. The van der Waals surface area contributed by atoms with E-state index in [2.05, 4.69) is 61.9 Å². The summed E-state index contributed by atoms with van der Waals surface area (Å²) in [4.78, 5) is 8.82. The molecule has 2 aliphatic rings. The van der Waals surface area contributed by atoms with Crippen LogP contribution in [-0.4, -0.2) is 47.7 Å². The Kier molecular flexibility index (Phi) is 5.53. The first-order valence-electron chi connectivity index (χ1n) is 9.54. The number of aromatic nitrogens is 1. The minimum Gasteiger partial charge on any atom is -0.385 e. The summed E-state index contributed by atoms with van der Waals surface area (Å²) in [6.45, 7) is 4.76. The fourth-order valence-corrected chi connectivity index (χ4v) is 3.89. The summed E-state index contributed by atoms with van der Waals surface area (Å²) in [5.74, 6) is 0. The molecule has 4 rings (SSSR count). The lowest BCUT2D eigenvalue weighted by Gasteiger charge is -2.37. The Morgan fingerprint density at radius 2 is 1.96 bits per heavy atom. The number of thiocarbonyl (C=S) groups is 1. The van der Waals surface area contributed by atoms with Gasteiger partial charge in [0.25, 0.3) is 0 Å². The van der Waals surface area contributed by atoms with Crippen molar-refractivity contribution in [2.75, 3.05) is 42.9 Å². The molecule has 1 aromatic carbocycles. The molecule has 27 heavy (non-hydrogen) atoms. The normalized spacial score (nSPS) is 18.4. The van der Waals surface area contributed by atoms with Gasteiger partial charge in [-0.15, -0.1) is 0 Å². The molecule has 0 aliphatic carbocycles. The molecule has 0 amide bonds. The van der Waals surface area contributed by atoms with Crippen LogP contribution in [0.1, 0.15) is 18.4 Å².